The Bertz CT molecular complexity index is 1610. The summed E-state index contributed by atoms with van der Waals surface area (Å²) in [4.78, 5) is 106. The molecule has 0 radical (unpaired) electrons. The average Bonchev–Trinajstić information content (AvgIpc) is 3.46. The Morgan fingerprint density at radius 3 is 2.00 bits per heavy atom. The van der Waals surface area contributed by atoms with Gasteiger partial charge in [0.1, 0.15) is 30.2 Å². The first kappa shape index (κ1) is 49.8. The summed E-state index contributed by atoms with van der Waals surface area (Å²) in [6, 6.07) is 2.03. The van der Waals surface area contributed by atoms with Gasteiger partial charge in [0.15, 0.2) is 6.10 Å². The van der Waals surface area contributed by atoms with Crippen LogP contribution in [0.1, 0.15) is 79.7 Å². The quantitative estimate of drug-likeness (QED) is 0.0722. The number of amides is 8. The summed E-state index contributed by atoms with van der Waals surface area (Å²) in [6.45, 7) is 11.8. The van der Waals surface area contributed by atoms with Gasteiger partial charge in [-0.05, 0) is 68.9 Å². The number of hydrogen-bond acceptors (Lipinski definition) is 11. The van der Waals surface area contributed by atoms with Gasteiger partial charge >= 0.3 is 0 Å². The van der Waals surface area contributed by atoms with E-state index in [0.29, 0.717) is 17.7 Å². The molecule has 0 aromatic heterocycles. The molecule has 1 fully saturated rings. The molecule has 58 heavy (non-hydrogen) atoms. The highest BCUT2D eigenvalue weighted by molar-refractivity contribution is 8.00. The van der Waals surface area contributed by atoms with E-state index in [2.05, 4.69) is 26.6 Å². The largest absolute Gasteiger partial charge is 0.381 e. The number of carbonyl (C=O) groups excluding carboxylic acids is 8. The molecule has 0 bridgehead atoms. The number of primary amides is 2. The first-order chi connectivity index (χ1) is 27.1. The Balaban J connectivity index is 2.42. The van der Waals surface area contributed by atoms with E-state index in [-0.39, 0.29) is 37.5 Å². The van der Waals surface area contributed by atoms with Gasteiger partial charge in [-0.2, -0.15) is 11.8 Å². The molecular weight excluding hydrogens is 789 g/mol. The number of aliphatic hydroxyl groups is 1. The second-order valence-electron chi connectivity index (χ2n) is 15.8. The molecule has 324 valence electrons. The second kappa shape index (κ2) is 23.3. The second-order valence-corrected chi connectivity index (χ2v) is 18.3. The van der Waals surface area contributed by atoms with Crippen LogP contribution in [0.5, 0.6) is 0 Å². The van der Waals surface area contributed by atoms with Crippen LogP contribution >= 0.6 is 23.5 Å². The summed E-state index contributed by atoms with van der Waals surface area (Å²) in [7, 11) is 0. The van der Waals surface area contributed by atoms with Crippen molar-refractivity contribution in [1.29, 1.82) is 0 Å². The maximum absolute atomic E-state index is 14.3. The zero-order valence-electron chi connectivity index (χ0n) is 34.7. The van der Waals surface area contributed by atoms with Crippen LogP contribution in [-0.4, -0.2) is 122 Å². The van der Waals surface area contributed by atoms with Crippen LogP contribution in [0.3, 0.4) is 0 Å². The maximum Gasteiger partial charge on any atom is 0.254 e. The lowest BCUT2D eigenvalue weighted by atomic mass is 9.95. The normalized spacial score (nSPS) is 17.9. The van der Waals surface area contributed by atoms with Gasteiger partial charge in [0.25, 0.3) is 5.91 Å². The average molecular weight is 851 g/mol. The Labute approximate surface area is 349 Å². The molecule has 1 saturated heterocycles. The number of benzene rings is 1. The van der Waals surface area contributed by atoms with Gasteiger partial charge in [-0.25, -0.2) is 0 Å². The summed E-state index contributed by atoms with van der Waals surface area (Å²) in [5.74, 6) is -5.44. The van der Waals surface area contributed by atoms with Crippen molar-refractivity contribution in [2.75, 3.05) is 17.9 Å². The molecule has 0 spiro atoms. The van der Waals surface area contributed by atoms with Gasteiger partial charge in [-0.15, -0.1) is 11.8 Å². The fourth-order valence-electron chi connectivity index (χ4n) is 6.47. The van der Waals surface area contributed by atoms with Gasteiger partial charge in [0.2, 0.25) is 41.4 Å². The van der Waals surface area contributed by atoms with Crippen molar-refractivity contribution in [3.63, 3.8) is 0 Å². The highest BCUT2D eigenvalue weighted by Gasteiger charge is 2.50. The van der Waals surface area contributed by atoms with E-state index < -0.39 is 100 Å². The Kier molecular flexibility index (Phi) is 20.0. The molecule has 0 unspecified atom stereocenters. The fourth-order valence-corrected chi connectivity index (χ4v) is 8.09. The minimum atomic E-state index is -1.87. The first-order valence-corrected chi connectivity index (χ1v) is 21.7. The van der Waals surface area contributed by atoms with Crippen molar-refractivity contribution in [2.24, 2.45) is 23.3 Å². The molecule has 2 rings (SSSR count). The van der Waals surface area contributed by atoms with Crippen LogP contribution in [0.2, 0.25) is 0 Å². The lowest BCUT2D eigenvalue weighted by Crippen LogP contribution is -2.62. The number of nitrogens with one attached hydrogen (secondary N) is 5. The summed E-state index contributed by atoms with van der Waals surface area (Å²) in [5.41, 5.74) is 11.5. The predicted octanol–water partition coefficient (Wildman–Crippen LogP) is -0.0800. The zero-order chi connectivity index (χ0) is 43.9. The molecule has 17 nitrogen and oxygen atoms in total. The Hall–Kier alpha value is -4.36. The van der Waals surface area contributed by atoms with Gasteiger partial charge in [-0.1, -0.05) is 58.0 Å². The molecule has 1 aromatic rings. The zero-order valence-corrected chi connectivity index (χ0v) is 36.3. The molecule has 1 aliphatic heterocycles. The van der Waals surface area contributed by atoms with Crippen molar-refractivity contribution < 1.29 is 43.5 Å². The third-order valence-corrected chi connectivity index (χ3v) is 11.6. The lowest BCUT2D eigenvalue weighted by Gasteiger charge is -2.35. The summed E-state index contributed by atoms with van der Waals surface area (Å²) in [5, 5.41) is 25.1. The van der Waals surface area contributed by atoms with Crippen molar-refractivity contribution in [3.05, 3.63) is 35.9 Å². The highest BCUT2D eigenvalue weighted by atomic mass is 32.2. The van der Waals surface area contributed by atoms with Gasteiger partial charge < -0.3 is 48.1 Å². The third-order valence-electron chi connectivity index (χ3n) is 9.57. The standard InChI is InChI=1S/C39H62N8O9S2/c1-21(2)18-28(45-34(52)26(42-23(5)48)14-15-29(40)49)35(53)44-27(19-24-12-10-9-11-13-24)31(50)38(56)47-20-58-39(6,7)32(47)37(55)46-30(22(3)4)36(54)43-25(33(41)51)16-17-57-8/h9-13,21-22,25-28,30-32,50H,14-20H2,1-8H3,(H2,40,49)(H2,41,51)(H,42,48)(H,43,54)(H,44,53)(H,45,52)(H,46,55)/t25-,26-,27-,28-,30-,31-,32+/m0/s1. The SMILES string of the molecule is CSCC[C@H](NC(=O)[C@@H](NC(=O)[C@H]1N(C(=O)[C@@H](O)[C@H](Cc2ccccc2)NC(=O)[C@H](CC(C)C)NC(=O)[C@H](CCC(N)=O)NC(C)=O)CSC1(C)C)C(C)C)C(N)=O. The van der Waals surface area contributed by atoms with Crippen molar-refractivity contribution in [2.45, 2.75) is 128 Å². The summed E-state index contributed by atoms with van der Waals surface area (Å²) >= 11 is 2.78. The van der Waals surface area contributed by atoms with Crippen LogP contribution < -0.4 is 38.1 Å². The molecule has 1 heterocycles. The van der Waals surface area contributed by atoms with E-state index in [0.717, 1.165) is 0 Å². The smallest absolute Gasteiger partial charge is 0.254 e. The first-order valence-electron chi connectivity index (χ1n) is 19.3. The van der Waals surface area contributed by atoms with Crippen molar-refractivity contribution >= 4 is 70.8 Å². The minimum absolute atomic E-state index is 0.00578. The van der Waals surface area contributed by atoms with E-state index in [4.69, 9.17) is 11.5 Å². The number of carbonyl (C=O) groups is 8. The van der Waals surface area contributed by atoms with Crippen molar-refractivity contribution in [1.82, 2.24) is 31.5 Å². The van der Waals surface area contributed by atoms with Crippen LogP contribution in [0.25, 0.3) is 0 Å². The van der Waals surface area contributed by atoms with E-state index in [1.54, 1.807) is 58.0 Å². The van der Waals surface area contributed by atoms with E-state index in [1.807, 2.05) is 20.1 Å². The van der Waals surface area contributed by atoms with Crippen molar-refractivity contribution in [3.8, 4) is 0 Å². The predicted molar refractivity (Wildman–Crippen MR) is 224 cm³/mol. The number of nitrogens with zero attached hydrogens (tertiary/aromatic N) is 1. The van der Waals surface area contributed by atoms with Crippen LogP contribution in [0, 0.1) is 11.8 Å². The molecule has 0 saturated carbocycles. The molecule has 7 atom stereocenters. The van der Waals surface area contributed by atoms with Gasteiger partial charge in [0.05, 0.1) is 11.9 Å². The van der Waals surface area contributed by atoms with E-state index >= 15 is 0 Å². The van der Waals surface area contributed by atoms with E-state index in [9.17, 15) is 43.5 Å². The molecule has 1 aromatic carbocycles. The van der Waals surface area contributed by atoms with E-state index in [1.165, 1.54) is 35.3 Å². The lowest BCUT2D eigenvalue weighted by molar-refractivity contribution is -0.148. The summed E-state index contributed by atoms with van der Waals surface area (Å²) < 4.78 is -0.880. The van der Waals surface area contributed by atoms with Gasteiger partial charge in [-0.3, -0.25) is 38.4 Å². The fraction of sp³-hybridized carbons (Fsp3) is 0.641. The number of nitrogens with two attached hydrogens (primary N) is 2. The van der Waals surface area contributed by atoms with Crippen LogP contribution in [0.15, 0.2) is 30.3 Å². The maximum atomic E-state index is 14.3. The number of aliphatic hydroxyl groups excluding tert-OH is 1. The number of hydrogen-bond donors (Lipinski definition) is 8. The Morgan fingerprint density at radius 1 is 0.862 bits per heavy atom. The number of thioether (sulfide) groups is 2. The molecule has 10 N–H and O–H groups in total. The molecule has 19 heteroatoms. The number of rotatable bonds is 23. The third kappa shape index (κ3) is 15.4. The highest BCUT2D eigenvalue weighted by Crippen LogP contribution is 2.40. The molecular formula is C39H62N8O9S2. The van der Waals surface area contributed by atoms with Crippen LogP contribution in [-0.2, 0) is 44.8 Å². The summed E-state index contributed by atoms with van der Waals surface area (Å²) in [6.07, 6.45) is 0.114. The molecule has 1 aliphatic rings. The Morgan fingerprint density at radius 2 is 1.47 bits per heavy atom. The minimum Gasteiger partial charge on any atom is -0.381 e. The molecule has 8 amide bonds. The monoisotopic (exact) mass is 850 g/mol. The van der Waals surface area contributed by atoms with Gasteiger partial charge in [0, 0.05) is 18.1 Å². The van der Waals surface area contributed by atoms with Crippen LogP contribution in [0.4, 0.5) is 0 Å². The molecule has 0 aliphatic carbocycles. The topological polar surface area (TPSA) is 272 Å².